The van der Waals surface area contributed by atoms with Crippen molar-refractivity contribution < 1.29 is 27.4 Å². The molecule has 8 heteroatoms. The SMILES string of the molecule is COc1cc(/C=C/C(=O)Nc2ccccc2C(F)(F)F)cc(Br)c1OC. The van der Waals surface area contributed by atoms with E-state index >= 15 is 0 Å². The van der Waals surface area contributed by atoms with E-state index in [1.54, 1.807) is 12.1 Å². The lowest BCUT2D eigenvalue weighted by atomic mass is 10.1. The van der Waals surface area contributed by atoms with Crippen LogP contribution in [0.4, 0.5) is 18.9 Å². The van der Waals surface area contributed by atoms with Gasteiger partial charge in [-0.15, -0.1) is 0 Å². The van der Waals surface area contributed by atoms with Crippen molar-refractivity contribution in [3.05, 3.63) is 58.1 Å². The maximum Gasteiger partial charge on any atom is 0.418 e. The van der Waals surface area contributed by atoms with Crippen molar-refractivity contribution in [3.63, 3.8) is 0 Å². The second kappa shape index (κ2) is 8.27. The topological polar surface area (TPSA) is 47.6 Å². The van der Waals surface area contributed by atoms with Crippen LogP contribution in [-0.2, 0) is 11.0 Å². The molecule has 2 rings (SSSR count). The molecule has 4 nitrogen and oxygen atoms in total. The molecule has 0 unspecified atom stereocenters. The van der Waals surface area contributed by atoms with Crippen LogP contribution in [0.2, 0.25) is 0 Å². The van der Waals surface area contributed by atoms with Crippen LogP contribution in [0.25, 0.3) is 6.08 Å². The molecule has 0 aliphatic carbocycles. The highest BCUT2D eigenvalue weighted by molar-refractivity contribution is 9.10. The maximum absolute atomic E-state index is 12.9. The number of anilines is 1. The monoisotopic (exact) mass is 429 g/mol. The Hall–Kier alpha value is -2.48. The minimum atomic E-state index is -4.55. The number of methoxy groups -OCH3 is 2. The van der Waals surface area contributed by atoms with Crippen LogP contribution in [0.3, 0.4) is 0 Å². The lowest BCUT2D eigenvalue weighted by Crippen LogP contribution is -2.14. The quantitative estimate of drug-likeness (QED) is 0.669. The van der Waals surface area contributed by atoms with Crippen LogP contribution in [-0.4, -0.2) is 20.1 Å². The first-order valence-electron chi connectivity index (χ1n) is 7.33. The van der Waals surface area contributed by atoms with E-state index in [-0.39, 0.29) is 5.69 Å². The number of rotatable bonds is 5. The molecule has 0 atom stereocenters. The first-order valence-corrected chi connectivity index (χ1v) is 8.12. The fourth-order valence-corrected chi connectivity index (χ4v) is 2.84. The van der Waals surface area contributed by atoms with Crippen molar-refractivity contribution in [1.29, 1.82) is 0 Å². The molecule has 0 heterocycles. The van der Waals surface area contributed by atoms with E-state index in [4.69, 9.17) is 9.47 Å². The number of hydrogen-bond acceptors (Lipinski definition) is 3. The predicted octanol–water partition coefficient (Wildman–Crippen LogP) is 5.14. The van der Waals surface area contributed by atoms with Crippen molar-refractivity contribution in [3.8, 4) is 11.5 Å². The van der Waals surface area contributed by atoms with Gasteiger partial charge in [-0.1, -0.05) is 12.1 Å². The molecule has 0 bridgehead atoms. The molecule has 26 heavy (non-hydrogen) atoms. The average molecular weight is 430 g/mol. The highest BCUT2D eigenvalue weighted by Crippen LogP contribution is 2.37. The van der Waals surface area contributed by atoms with E-state index in [9.17, 15) is 18.0 Å². The number of alkyl halides is 3. The van der Waals surface area contributed by atoms with Crippen molar-refractivity contribution >= 4 is 33.6 Å². The third kappa shape index (κ3) is 4.78. The Bertz CT molecular complexity index is 835. The summed E-state index contributed by atoms with van der Waals surface area (Å²) in [6, 6.07) is 8.10. The van der Waals surface area contributed by atoms with Crippen LogP contribution in [0.5, 0.6) is 11.5 Å². The highest BCUT2D eigenvalue weighted by Gasteiger charge is 2.33. The van der Waals surface area contributed by atoms with Crippen molar-refractivity contribution in [1.82, 2.24) is 0 Å². The maximum atomic E-state index is 12.9. The zero-order valence-electron chi connectivity index (χ0n) is 13.9. The van der Waals surface area contributed by atoms with Gasteiger partial charge in [-0.25, -0.2) is 0 Å². The van der Waals surface area contributed by atoms with Gasteiger partial charge in [-0.2, -0.15) is 13.2 Å². The fraction of sp³-hybridized carbons (Fsp3) is 0.167. The molecule has 0 aromatic heterocycles. The molecular formula is C18H15BrF3NO3. The molecule has 0 spiro atoms. The third-order valence-corrected chi connectivity index (χ3v) is 3.96. The Morgan fingerprint density at radius 1 is 1.15 bits per heavy atom. The van der Waals surface area contributed by atoms with Gasteiger partial charge >= 0.3 is 6.18 Å². The number of hydrogen-bond donors (Lipinski definition) is 1. The van der Waals surface area contributed by atoms with Crippen molar-refractivity contribution in [2.24, 2.45) is 0 Å². The normalized spacial score (nSPS) is 11.5. The van der Waals surface area contributed by atoms with Gasteiger partial charge < -0.3 is 14.8 Å². The summed E-state index contributed by atoms with van der Waals surface area (Å²) >= 11 is 3.33. The lowest BCUT2D eigenvalue weighted by Gasteiger charge is -2.12. The molecular weight excluding hydrogens is 415 g/mol. The smallest absolute Gasteiger partial charge is 0.418 e. The molecule has 2 aromatic rings. The van der Waals surface area contributed by atoms with Crippen LogP contribution in [0, 0.1) is 0 Å². The van der Waals surface area contributed by atoms with Crippen molar-refractivity contribution in [2.75, 3.05) is 19.5 Å². The minimum Gasteiger partial charge on any atom is -0.493 e. The number of carbonyl (C=O) groups excluding carboxylic acids is 1. The number of ether oxygens (including phenoxy) is 2. The van der Waals surface area contributed by atoms with E-state index in [2.05, 4.69) is 21.2 Å². The molecule has 1 amide bonds. The van der Waals surface area contributed by atoms with Gasteiger partial charge in [0.2, 0.25) is 5.91 Å². The standard InChI is InChI=1S/C18H15BrF3NO3/c1-25-15-10-11(9-13(19)17(15)26-2)7-8-16(24)23-14-6-4-3-5-12(14)18(20,21)22/h3-10H,1-2H3,(H,23,24)/b8-7+. The molecule has 2 aromatic carbocycles. The Kier molecular flexibility index (Phi) is 6.31. The van der Waals surface area contributed by atoms with Gasteiger partial charge in [0, 0.05) is 6.08 Å². The minimum absolute atomic E-state index is 0.303. The summed E-state index contributed by atoms with van der Waals surface area (Å²) in [5.41, 5.74) is -0.604. The summed E-state index contributed by atoms with van der Waals surface area (Å²) < 4.78 is 49.8. The van der Waals surface area contributed by atoms with Crippen LogP contribution in [0.1, 0.15) is 11.1 Å². The van der Waals surface area contributed by atoms with Gasteiger partial charge in [-0.05, 0) is 51.8 Å². The molecule has 1 N–H and O–H groups in total. The summed E-state index contributed by atoms with van der Waals surface area (Å²) in [6.07, 6.45) is -1.96. The van der Waals surface area contributed by atoms with Crippen LogP contribution in [0.15, 0.2) is 46.9 Å². The van der Waals surface area contributed by atoms with Crippen LogP contribution < -0.4 is 14.8 Å². The number of benzene rings is 2. The molecule has 0 aliphatic rings. The summed E-state index contributed by atoms with van der Waals surface area (Å²) in [7, 11) is 2.96. The van der Waals surface area contributed by atoms with Gasteiger partial charge in [0.05, 0.1) is 29.9 Å². The van der Waals surface area contributed by atoms with E-state index in [1.807, 2.05) is 0 Å². The highest BCUT2D eigenvalue weighted by atomic mass is 79.9. The second-order valence-electron chi connectivity index (χ2n) is 5.10. The molecule has 0 aliphatic heterocycles. The summed E-state index contributed by atoms with van der Waals surface area (Å²) in [5.74, 6) is 0.255. The fourth-order valence-electron chi connectivity index (χ4n) is 2.22. The van der Waals surface area contributed by atoms with Gasteiger partial charge in [0.15, 0.2) is 11.5 Å². The second-order valence-corrected chi connectivity index (χ2v) is 5.96. The summed E-state index contributed by atoms with van der Waals surface area (Å²) in [6.45, 7) is 0. The first-order chi connectivity index (χ1) is 12.3. The molecule has 0 radical (unpaired) electrons. The Morgan fingerprint density at radius 3 is 2.46 bits per heavy atom. The zero-order chi connectivity index (χ0) is 19.3. The predicted molar refractivity (Wildman–Crippen MR) is 96.4 cm³/mol. The van der Waals surface area contributed by atoms with Crippen molar-refractivity contribution in [2.45, 2.75) is 6.18 Å². The molecule has 138 valence electrons. The van der Waals surface area contributed by atoms with E-state index in [0.29, 0.717) is 21.5 Å². The van der Waals surface area contributed by atoms with E-state index in [1.165, 1.54) is 38.5 Å². The lowest BCUT2D eigenvalue weighted by molar-refractivity contribution is -0.136. The Morgan fingerprint density at radius 2 is 1.85 bits per heavy atom. The summed E-state index contributed by atoms with van der Waals surface area (Å²) in [5, 5.41) is 2.24. The Labute approximate surface area is 156 Å². The third-order valence-electron chi connectivity index (χ3n) is 3.37. The number of para-hydroxylation sites is 1. The average Bonchev–Trinajstić information content (AvgIpc) is 2.59. The molecule has 0 fully saturated rings. The van der Waals surface area contributed by atoms with Gasteiger partial charge in [0.25, 0.3) is 0 Å². The number of amides is 1. The van der Waals surface area contributed by atoms with E-state index < -0.39 is 17.6 Å². The number of nitrogens with one attached hydrogen (secondary N) is 1. The van der Waals surface area contributed by atoms with Gasteiger partial charge in [0.1, 0.15) is 0 Å². The van der Waals surface area contributed by atoms with Crippen LogP contribution >= 0.6 is 15.9 Å². The number of carbonyl (C=O) groups is 1. The largest absolute Gasteiger partial charge is 0.493 e. The molecule has 0 saturated heterocycles. The first kappa shape index (κ1) is 19.8. The number of halogens is 4. The molecule has 0 saturated carbocycles. The zero-order valence-corrected chi connectivity index (χ0v) is 15.4. The summed E-state index contributed by atoms with van der Waals surface area (Å²) in [4.78, 5) is 12.0. The Balaban J connectivity index is 2.20. The van der Waals surface area contributed by atoms with Gasteiger partial charge in [-0.3, -0.25) is 4.79 Å². The van der Waals surface area contributed by atoms with E-state index in [0.717, 1.165) is 12.1 Å².